The third-order valence-corrected chi connectivity index (χ3v) is 4.78. The number of aryl methyl sites for hydroxylation is 1. The number of nitrogens with two attached hydrogens (primary N) is 1. The third-order valence-electron chi connectivity index (χ3n) is 2.13. The quantitative estimate of drug-likeness (QED) is 0.692. The number of hydrogen-bond acceptors (Lipinski definition) is 5. The first-order valence-electron chi connectivity index (χ1n) is 5.09. The van der Waals surface area contributed by atoms with Gasteiger partial charge in [-0.25, -0.2) is 9.97 Å². The molecule has 3 nitrogen and oxygen atoms in total. The lowest BCUT2D eigenvalue weighted by molar-refractivity contribution is 0.913. The fourth-order valence-electron chi connectivity index (χ4n) is 1.29. The van der Waals surface area contributed by atoms with E-state index < -0.39 is 0 Å². The van der Waals surface area contributed by atoms with E-state index in [0.717, 1.165) is 19.9 Å². The van der Waals surface area contributed by atoms with E-state index in [1.54, 1.807) is 23.1 Å². The summed E-state index contributed by atoms with van der Waals surface area (Å²) in [5.41, 5.74) is 6.83. The summed E-state index contributed by atoms with van der Waals surface area (Å²) in [5, 5.41) is 0.908. The molecule has 2 rings (SSSR count). The summed E-state index contributed by atoms with van der Waals surface area (Å²) in [6.07, 6.45) is 3.62. The molecule has 90 valence electrons. The van der Waals surface area contributed by atoms with E-state index in [9.17, 15) is 0 Å². The Balaban J connectivity index is 2.12. The fraction of sp³-hybridized carbons (Fsp3) is 0.273. The van der Waals surface area contributed by atoms with Crippen LogP contribution in [-0.4, -0.2) is 16.5 Å². The van der Waals surface area contributed by atoms with E-state index >= 15 is 0 Å². The van der Waals surface area contributed by atoms with Gasteiger partial charge >= 0.3 is 0 Å². The highest BCUT2D eigenvalue weighted by molar-refractivity contribution is 7.99. The average molecular weight is 286 g/mol. The van der Waals surface area contributed by atoms with Crippen molar-refractivity contribution in [2.75, 3.05) is 6.54 Å². The van der Waals surface area contributed by atoms with E-state index in [-0.39, 0.29) is 5.25 Å². The predicted molar refractivity (Wildman–Crippen MR) is 73.8 cm³/mol. The lowest BCUT2D eigenvalue weighted by Crippen LogP contribution is -2.08. The fourth-order valence-corrected chi connectivity index (χ4v) is 3.41. The van der Waals surface area contributed by atoms with Gasteiger partial charge in [0.1, 0.15) is 0 Å². The van der Waals surface area contributed by atoms with E-state index in [4.69, 9.17) is 17.3 Å². The van der Waals surface area contributed by atoms with Crippen molar-refractivity contribution < 1.29 is 0 Å². The van der Waals surface area contributed by atoms with E-state index in [2.05, 4.69) is 9.97 Å². The number of halogens is 1. The molecule has 0 aliphatic rings. The summed E-state index contributed by atoms with van der Waals surface area (Å²) in [4.78, 5) is 9.69. The van der Waals surface area contributed by atoms with Gasteiger partial charge in [0.15, 0.2) is 5.16 Å². The third kappa shape index (κ3) is 3.42. The maximum Gasteiger partial charge on any atom is 0.188 e. The summed E-state index contributed by atoms with van der Waals surface area (Å²) in [5.74, 6) is 0. The molecule has 17 heavy (non-hydrogen) atoms. The first-order valence-corrected chi connectivity index (χ1v) is 7.17. The smallest absolute Gasteiger partial charge is 0.188 e. The van der Waals surface area contributed by atoms with Crippen LogP contribution in [0.2, 0.25) is 4.34 Å². The van der Waals surface area contributed by atoms with E-state index in [1.165, 1.54) is 0 Å². The zero-order chi connectivity index (χ0) is 12.3. The summed E-state index contributed by atoms with van der Waals surface area (Å²) in [6.45, 7) is 2.51. The highest BCUT2D eigenvalue weighted by atomic mass is 35.5. The zero-order valence-electron chi connectivity index (χ0n) is 9.26. The van der Waals surface area contributed by atoms with Crippen molar-refractivity contribution in [3.63, 3.8) is 0 Å². The zero-order valence-corrected chi connectivity index (χ0v) is 11.6. The van der Waals surface area contributed by atoms with Gasteiger partial charge in [0.05, 0.1) is 9.59 Å². The number of nitrogens with zero attached hydrogens (tertiary/aromatic N) is 2. The second-order valence-corrected chi connectivity index (χ2v) is 6.44. The van der Waals surface area contributed by atoms with Gasteiger partial charge in [0, 0.05) is 23.8 Å². The second kappa shape index (κ2) is 5.82. The topological polar surface area (TPSA) is 51.8 Å². The summed E-state index contributed by atoms with van der Waals surface area (Å²) in [7, 11) is 0. The standard InChI is InChI=1S/C11H12ClN3S2/c1-7-5-14-11(15-6-7)17-9(4-13)8-2-3-10(12)16-8/h2-3,5-6,9H,4,13H2,1H3. The van der Waals surface area contributed by atoms with Crippen molar-refractivity contribution >= 4 is 34.7 Å². The van der Waals surface area contributed by atoms with Gasteiger partial charge in [-0.05, 0) is 24.6 Å². The van der Waals surface area contributed by atoms with Gasteiger partial charge in [0.2, 0.25) is 0 Å². The number of thioether (sulfide) groups is 1. The van der Waals surface area contributed by atoms with Crippen LogP contribution in [-0.2, 0) is 0 Å². The molecule has 0 radical (unpaired) electrons. The number of rotatable bonds is 4. The number of thiophene rings is 1. The van der Waals surface area contributed by atoms with Crippen molar-refractivity contribution in [1.82, 2.24) is 9.97 Å². The maximum absolute atomic E-state index is 5.92. The molecule has 1 unspecified atom stereocenters. The average Bonchev–Trinajstić information content (AvgIpc) is 2.75. The Hall–Kier alpha value is -0.620. The SMILES string of the molecule is Cc1cnc(SC(CN)c2ccc(Cl)s2)nc1. The van der Waals surface area contributed by atoms with Gasteiger partial charge in [0.25, 0.3) is 0 Å². The van der Waals surface area contributed by atoms with Gasteiger partial charge in [-0.2, -0.15) is 0 Å². The maximum atomic E-state index is 5.92. The molecule has 6 heteroatoms. The summed E-state index contributed by atoms with van der Waals surface area (Å²) >= 11 is 9.04. The molecule has 0 aliphatic heterocycles. The van der Waals surface area contributed by atoms with Gasteiger partial charge in [-0.3, -0.25) is 0 Å². The number of aromatic nitrogens is 2. The molecule has 0 bridgehead atoms. The Morgan fingerprint density at radius 1 is 1.41 bits per heavy atom. The van der Waals surface area contributed by atoms with Crippen molar-refractivity contribution in [2.24, 2.45) is 5.73 Å². The minimum atomic E-state index is 0.162. The highest BCUT2D eigenvalue weighted by Crippen LogP contribution is 2.37. The minimum Gasteiger partial charge on any atom is -0.329 e. The highest BCUT2D eigenvalue weighted by Gasteiger charge is 2.15. The molecule has 0 saturated heterocycles. The first-order chi connectivity index (χ1) is 8.19. The van der Waals surface area contributed by atoms with Crippen LogP contribution in [0.15, 0.2) is 29.7 Å². The molecule has 0 aromatic carbocycles. The molecular weight excluding hydrogens is 274 g/mol. The lowest BCUT2D eigenvalue weighted by Gasteiger charge is -2.10. The van der Waals surface area contributed by atoms with Crippen molar-refractivity contribution in [3.05, 3.63) is 39.3 Å². The van der Waals surface area contributed by atoms with E-state index in [0.29, 0.717) is 6.54 Å². The Morgan fingerprint density at radius 3 is 2.65 bits per heavy atom. The molecule has 0 spiro atoms. The van der Waals surface area contributed by atoms with Crippen LogP contribution in [0.5, 0.6) is 0 Å². The van der Waals surface area contributed by atoms with Crippen molar-refractivity contribution in [3.8, 4) is 0 Å². The molecule has 0 saturated carbocycles. The number of hydrogen-bond donors (Lipinski definition) is 1. The van der Waals surface area contributed by atoms with Crippen LogP contribution in [0.1, 0.15) is 15.7 Å². The second-order valence-electron chi connectivity index (χ2n) is 3.53. The van der Waals surface area contributed by atoms with Gasteiger partial charge in [-0.15, -0.1) is 11.3 Å². The largest absolute Gasteiger partial charge is 0.329 e. The summed E-state index contributed by atoms with van der Waals surface area (Å²) < 4.78 is 0.781. The van der Waals surface area contributed by atoms with E-state index in [1.807, 2.05) is 31.5 Å². The van der Waals surface area contributed by atoms with Crippen LogP contribution in [0.3, 0.4) is 0 Å². The molecule has 2 N–H and O–H groups in total. The normalized spacial score (nSPS) is 12.6. The van der Waals surface area contributed by atoms with Crippen molar-refractivity contribution in [2.45, 2.75) is 17.3 Å². The van der Waals surface area contributed by atoms with Crippen LogP contribution in [0.4, 0.5) is 0 Å². The van der Waals surface area contributed by atoms with Crippen LogP contribution in [0.25, 0.3) is 0 Å². The summed E-state index contributed by atoms with van der Waals surface area (Å²) in [6, 6.07) is 3.90. The van der Waals surface area contributed by atoms with Crippen LogP contribution < -0.4 is 5.73 Å². The molecule has 0 amide bonds. The molecule has 2 aromatic rings. The first kappa shape index (κ1) is 12.8. The van der Waals surface area contributed by atoms with Crippen LogP contribution in [0, 0.1) is 6.92 Å². The molecular formula is C11H12ClN3S2. The van der Waals surface area contributed by atoms with Crippen molar-refractivity contribution in [1.29, 1.82) is 0 Å². The Kier molecular flexibility index (Phi) is 4.39. The molecule has 0 aliphatic carbocycles. The molecule has 2 aromatic heterocycles. The van der Waals surface area contributed by atoms with Gasteiger partial charge < -0.3 is 5.73 Å². The molecule has 2 heterocycles. The lowest BCUT2D eigenvalue weighted by atomic mass is 10.3. The molecule has 1 atom stereocenters. The predicted octanol–water partition coefficient (Wildman–Crippen LogP) is 3.29. The Morgan fingerprint density at radius 2 is 2.12 bits per heavy atom. The molecule has 0 fully saturated rings. The Bertz CT molecular complexity index is 484. The monoisotopic (exact) mass is 285 g/mol. The van der Waals surface area contributed by atoms with Gasteiger partial charge in [-0.1, -0.05) is 23.4 Å². The Labute approximate surface area is 113 Å². The minimum absolute atomic E-state index is 0.162. The van der Waals surface area contributed by atoms with Crippen LogP contribution >= 0.6 is 34.7 Å².